The molecule has 0 amide bonds. The predicted molar refractivity (Wildman–Crippen MR) is 60.8 cm³/mol. The summed E-state index contributed by atoms with van der Waals surface area (Å²) < 4.78 is 17.4. The van der Waals surface area contributed by atoms with Gasteiger partial charge in [0.1, 0.15) is 25.7 Å². The molecule has 0 saturated carbocycles. The third-order valence-corrected chi connectivity index (χ3v) is 3.14. The van der Waals surface area contributed by atoms with Gasteiger partial charge in [-0.15, -0.1) is 5.73 Å². The lowest BCUT2D eigenvalue weighted by Crippen LogP contribution is -2.45. The molecule has 0 radical (unpaired) electrons. The zero-order chi connectivity index (χ0) is 12.0. The number of hydrogen-bond donors (Lipinski definition) is 1. The molecule has 5 heteroatoms. The van der Waals surface area contributed by atoms with Crippen molar-refractivity contribution < 1.29 is 19.3 Å². The van der Waals surface area contributed by atoms with Crippen LogP contribution in [-0.4, -0.2) is 49.2 Å². The van der Waals surface area contributed by atoms with E-state index in [9.17, 15) is 5.11 Å². The van der Waals surface area contributed by atoms with E-state index in [0.717, 1.165) is 0 Å². The van der Waals surface area contributed by atoms with Crippen molar-refractivity contribution in [2.24, 2.45) is 0 Å². The van der Waals surface area contributed by atoms with Crippen LogP contribution in [0.4, 0.5) is 0 Å². The summed E-state index contributed by atoms with van der Waals surface area (Å²) >= 11 is 0. The highest BCUT2D eigenvalue weighted by Gasteiger charge is 2.63. The Balaban J connectivity index is 2.39. The van der Waals surface area contributed by atoms with Crippen LogP contribution in [0.5, 0.6) is 0 Å². The summed E-state index contributed by atoms with van der Waals surface area (Å²) in [6.45, 7) is 7.20. The van der Waals surface area contributed by atoms with Gasteiger partial charge in [-0.1, -0.05) is 6.58 Å². The zero-order valence-corrected chi connectivity index (χ0v) is 9.90. The molecule has 16 heavy (non-hydrogen) atoms. The molecule has 2 heterocycles. The summed E-state index contributed by atoms with van der Waals surface area (Å²) in [5.74, 6) is -0.677. The Kier molecular flexibility index (Phi) is 2.77. The van der Waals surface area contributed by atoms with Crippen molar-refractivity contribution in [3.63, 3.8) is 0 Å². The van der Waals surface area contributed by atoms with Gasteiger partial charge in [0, 0.05) is 0 Å². The van der Waals surface area contributed by atoms with Crippen LogP contribution in [0.3, 0.4) is 0 Å². The van der Waals surface area contributed by atoms with Gasteiger partial charge >= 0.3 is 0 Å². The third kappa shape index (κ3) is 1.56. The standard InChI is InChI=1S/C11H17BO4/c1-4-5-11-8(15-10(2,3)16-11)7(6-13)14-9(11)12/h5,7-9,13H,1,6,12H2,2-3H3/t7-,8?,9-,11-/m1/s1. The number of aliphatic hydroxyl groups excluding tert-OH is 1. The summed E-state index contributed by atoms with van der Waals surface area (Å²) in [7, 11) is 1.90. The predicted octanol–water partition coefficient (Wildman–Crippen LogP) is -0.432. The van der Waals surface area contributed by atoms with E-state index in [1.807, 2.05) is 21.7 Å². The molecule has 1 N–H and O–H groups in total. The molecule has 2 aliphatic rings. The Hall–Kier alpha value is -0.575. The second kappa shape index (κ2) is 3.72. The van der Waals surface area contributed by atoms with Gasteiger partial charge < -0.3 is 19.3 Å². The molecular formula is C11H17BO4. The Labute approximate surface area is 96.3 Å². The molecule has 0 aliphatic carbocycles. The van der Waals surface area contributed by atoms with E-state index < -0.39 is 11.4 Å². The Bertz CT molecular complexity index is 337. The van der Waals surface area contributed by atoms with Gasteiger partial charge in [0.25, 0.3) is 0 Å². The normalized spacial score (nSPS) is 45.1. The maximum absolute atomic E-state index is 9.27. The van der Waals surface area contributed by atoms with E-state index in [0.29, 0.717) is 0 Å². The molecule has 2 saturated heterocycles. The molecule has 88 valence electrons. The van der Waals surface area contributed by atoms with Crippen molar-refractivity contribution in [2.45, 2.75) is 43.4 Å². The van der Waals surface area contributed by atoms with Gasteiger partial charge in [-0.05, 0) is 19.9 Å². The van der Waals surface area contributed by atoms with Crippen LogP contribution in [0.15, 0.2) is 18.4 Å². The van der Waals surface area contributed by atoms with E-state index in [4.69, 9.17) is 14.2 Å². The molecule has 2 aliphatic heterocycles. The second-order valence-corrected chi connectivity index (χ2v) is 4.74. The fourth-order valence-electron chi connectivity index (χ4n) is 2.55. The van der Waals surface area contributed by atoms with E-state index >= 15 is 0 Å². The van der Waals surface area contributed by atoms with Gasteiger partial charge in [-0.2, -0.15) is 0 Å². The molecular weight excluding hydrogens is 207 g/mol. The van der Waals surface area contributed by atoms with Crippen LogP contribution in [0, 0.1) is 0 Å². The van der Waals surface area contributed by atoms with Crippen molar-refractivity contribution in [3.8, 4) is 0 Å². The first-order chi connectivity index (χ1) is 7.45. The van der Waals surface area contributed by atoms with E-state index in [-0.39, 0.29) is 24.8 Å². The Morgan fingerprint density at radius 2 is 2.25 bits per heavy atom. The SMILES string of the molecule is B[C@@H]1O[C@H](CO)C2OC(C)(C)O[C@]21C=C=C. The first-order valence-electron chi connectivity index (χ1n) is 5.46. The van der Waals surface area contributed by atoms with Gasteiger partial charge in [-0.25, -0.2) is 0 Å². The topological polar surface area (TPSA) is 47.9 Å². The van der Waals surface area contributed by atoms with Crippen molar-refractivity contribution in [2.75, 3.05) is 6.61 Å². The first kappa shape index (κ1) is 11.9. The summed E-state index contributed by atoms with van der Waals surface area (Å²) in [5.41, 5.74) is 2.06. The molecule has 4 nitrogen and oxygen atoms in total. The molecule has 0 aromatic carbocycles. The summed E-state index contributed by atoms with van der Waals surface area (Å²) in [6, 6.07) is -0.189. The molecule has 4 atom stereocenters. The minimum Gasteiger partial charge on any atom is -0.394 e. The smallest absolute Gasteiger partial charge is 0.164 e. The molecule has 0 aromatic heterocycles. The second-order valence-electron chi connectivity index (χ2n) is 4.74. The van der Waals surface area contributed by atoms with Gasteiger partial charge in [0.15, 0.2) is 5.79 Å². The van der Waals surface area contributed by atoms with Crippen molar-refractivity contribution in [1.29, 1.82) is 0 Å². The van der Waals surface area contributed by atoms with Crippen LogP contribution < -0.4 is 0 Å². The van der Waals surface area contributed by atoms with E-state index in [1.54, 1.807) is 6.08 Å². The highest BCUT2D eigenvalue weighted by molar-refractivity contribution is 6.12. The summed E-state index contributed by atoms with van der Waals surface area (Å²) in [5, 5.41) is 9.27. The lowest BCUT2D eigenvalue weighted by Gasteiger charge is -2.27. The van der Waals surface area contributed by atoms with Crippen LogP contribution in [-0.2, 0) is 14.2 Å². The Morgan fingerprint density at radius 1 is 1.56 bits per heavy atom. The minimum absolute atomic E-state index is 0.0822. The largest absolute Gasteiger partial charge is 0.394 e. The van der Waals surface area contributed by atoms with Crippen molar-refractivity contribution in [1.82, 2.24) is 0 Å². The summed E-state index contributed by atoms with van der Waals surface area (Å²) in [4.78, 5) is 0. The van der Waals surface area contributed by atoms with Gasteiger partial charge in [0.05, 0.1) is 12.6 Å². The van der Waals surface area contributed by atoms with Crippen molar-refractivity contribution in [3.05, 3.63) is 18.4 Å². The average Bonchev–Trinajstić information content (AvgIpc) is 2.58. The van der Waals surface area contributed by atoms with Crippen molar-refractivity contribution >= 4 is 7.85 Å². The Morgan fingerprint density at radius 3 is 2.81 bits per heavy atom. The fourth-order valence-corrected chi connectivity index (χ4v) is 2.55. The lowest BCUT2D eigenvalue weighted by atomic mass is 9.80. The number of rotatable bonds is 2. The molecule has 1 unspecified atom stereocenters. The first-order valence-corrected chi connectivity index (χ1v) is 5.46. The average molecular weight is 224 g/mol. The number of aliphatic hydroxyl groups is 1. The maximum Gasteiger partial charge on any atom is 0.164 e. The maximum atomic E-state index is 9.27. The monoisotopic (exact) mass is 224 g/mol. The third-order valence-electron chi connectivity index (χ3n) is 3.14. The van der Waals surface area contributed by atoms with Crippen LogP contribution in [0.2, 0.25) is 0 Å². The van der Waals surface area contributed by atoms with Gasteiger partial charge in [-0.3, -0.25) is 0 Å². The van der Waals surface area contributed by atoms with Crippen LogP contribution in [0.25, 0.3) is 0 Å². The molecule has 2 fully saturated rings. The fraction of sp³-hybridized carbons (Fsp3) is 0.727. The highest BCUT2D eigenvalue weighted by atomic mass is 16.8. The highest BCUT2D eigenvalue weighted by Crippen LogP contribution is 2.46. The molecule has 0 aromatic rings. The van der Waals surface area contributed by atoms with Crippen LogP contribution in [0.1, 0.15) is 13.8 Å². The number of ether oxygens (including phenoxy) is 3. The molecule has 0 spiro atoms. The van der Waals surface area contributed by atoms with Gasteiger partial charge in [0.2, 0.25) is 0 Å². The number of fused-ring (bicyclic) bond motifs is 1. The minimum atomic E-state index is -0.682. The molecule has 2 rings (SSSR count). The lowest BCUT2D eigenvalue weighted by molar-refractivity contribution is -0.191. The molecule has 0 bridgehead atoms. The van der Waals surface area contributed by atoms with E-state index in [1.165, 1.54) is 0 Å². The van der Waals surface area contributed by atoms with Crippen LogP contribution >= 0.6 is 0 Å². The number of hydrogen-bond acceptors (Lipinski definition) is 4. The van der Waals surface area contributed by atoms with E-state index in [2.05, 4.69) is 12.3 Å². The zero-order valence-electron chi connectivity index (χ0n) is 9.90. The summed E-state index contributed by atoms with van der Waals surface area (Å²) in [6.07, 6.45) is 1.07. The quantitative estimate of drug-likeness (QED) is 0.510.